The fourth-order valence-electron chi connectivity index (χ4n) is 1.44. The molecule has 0 radical (unpaired) electrons. The van der Waals surface area contributed by atoms with Crippen molar-refractivity contribution in [2.24, 2.45) is 5.73 Å². The molecule has 0 fully saturated rings. The van der Waals surface area contributed by atoms with Gasteiger partial charge >= 0.3 is 0 Å². The smallest absolute Gasteiger partial charge is 0.138 e. The summed E-state index contributed by atoms with van der Waals surface area (Å²) in [7, 11) is 1.66. The van der Waals surface area contributed by atoms with Gasteiger partial charge in [0, 0.05) is 11.6 Å². The van der Waals surface area contributed by atoms with Gasteiger partial charge in [-0.3, -0.25) is 0 Å². The van der Waals surface area contributed by atoms with Gasteiger partial charge in [-0.05, 0) is 41.4 Å². The number of hydrogen-bond donors (Lipinski definition) is 1. The van der Waals surface area contributed by atoms with Gasteiger partial charge in [0.1, 0.15) is 5.75 Å². The van der Waals surface area contributed by atoms with Crippen molar-refractivity contribution in [2.75, 3.05) is 7.11 Å². The third-order valence-electron chi connectivity index (χ3n) is 2.03. The SMILES string of the molecule is COc1c(Br)ccc(C)c1C(C)N. The number of ether oxygens (including phenoxy) is 1. The molecule has 72 valence electrons. The zero-order valence-electron chi connectivity index (χ0n) is 8.10. The molecule has 0 spiro atoms. The van der Waals surface area contributed by atoms with Crippen LogP contribution in [0.1, 0.15) is 24.1 Å². The van der Waals surface area contributed by atoms with E-state index in [9.17, 15) is 0 Å². The van der Waals surface area contributed by atoms with Gasteiger partial charge in [-0.1, -0.05) is 6.07 Å². The summed E-state index contributed by atoms with van der Waals surface area (Å²) < 4.78 is 6.24. The van der Waals surface area contributed by atoms with Gasteiger partial charge < -0.3 is 10.5 Å². The lowest BCUT2D eigenvalue weighted by Crippen LogP contribution is -2.09. The van der Waals surface area contributed by atoms with Crippen LogP contribution >= 0.6 is 15.9 Å². The van der Waals surface area contributed by atoms with Crippen LogP contribution in [0, 0.1) is 6.92 Å². The van der Waals surface area contributed by atoms with E-state index in [1.54, 1.807) is 7.11 Å². The second-order valence-electron chi connectivity index (χ2n) is 3.10. The summed E-state index contributed by atoms with van der Waals surface area (Å²) in [4.78, 5) is 0. The Bertz CT molecular complexity index is 310. The van der Waals surface area contributed by atoms with Crippen LogP contribution in [-0.2, 0) is 0 Å². The summed E-state index contributed by atoms with van der Waals surface area (Å²) in [5.41, 5.74) is 8.09. The first-order chi connectivity index (χ1) is 6.07. The third kappa shape index (κ3) is 2.03. The average Bonchev–Trinajstić information content (AvgIpc) is 2.07. The summed E-state index contributed by atoms with van der Waals surface area (Å²) in [5, 5.41) is 0. The molecule has 0 saturated heterocycles. The summed E-state index contributed by atoms with van der Waals surface area (Å²) in [6, 6.07) is 4.00. The first-order valence-corrected chi connectivity index (χ1v) is 4.95. The summed E-state index contributed by atoms with van der Waals surface area (Å²) in [5.74, 6) is 0.843. The van der Waals surface area contributed by atoms with E-state index >= 15 is 0 Å². The zero-order valence-corrected chi connectivity index (χ0v) is 9.68. The molecule has 2 N–H and O–H groups in total. The quantitative estimate of drug-likeness (QED) is 0.868. The maximum Gasteiger partial charge on any atom is 0.138 e. The van der Waals surface area contributed by atoms with Crippen LogP contribution in [0.5, 0.6) is 5.75 Å². The van der Waals surface area contributed by atoms with E-state index in [0.717, 1.165) is 21.3 Å². The van der Waals surface area contributed by atoms with E-state index in [0.29, 0.717) is 0 Å². The fraction of sp³-hybridized carbons (Fsp3) is 0.400. The molecular formula is C10H14BrNO. The number of aryl methyl sites for hydroxylation is 1. The maximum atomic E-state index is 5.86. The third-order valence-corrected chi connectivity index (χ3v) is 2.65. The molecule has 0 aromatic heterocycles. The molecule has 0 aliphatic rings. The van der Waals surface area contributed by atoms with E-state index in [2.05, 4.69) is 15.9 Å². The lowest BCUT2D eigenvalue weighted by Gasteiger charge is -2.15. The lowest BCUT2D eigenvalue weighted by atomic mass is 10.0. The van der Waals surface area contributed by atoms with Gasteiger partial charge in [-0.15, -0.1) is 0 Å². The molecule has 0 amide bonds. The number of halogens is 1. The van der Waals surface area contributed by atoms with Gasteiger partial charge in [0.25, 0.3) is 0 Å². The molecule has 13 heavy (non-hydrogen) atoms. The van der Waals surface area contributed by atoms with Gasteiger partial charge in [0.15, 0.2) is 0 Å². The molecule has 0 saturated carbocycles. The Morgan fingerprint density at radius 1 is 1.46 bits per heavy atom. The van der Waals surface area contributed by atoms with Crippen LogP contribution in [0.3, 0.4) is 0 Å². The molecule has 1 unspecified atom stereocenters. The first-order valence-electron chi connectivity index (χ1n) is 4.16. The normalized spacial score (nSPS) is 12.7. The molecule has 0 aliphatic carbocycles. The highest BCUT2D eigenvalue weighted by Gasteiger charge is 2.13. The second kappa shape index (κ2) is 4.11. The number of methoxy groups -OCH3 is 1. The Morgan fingerprint density at radius 2 is 2.08 bits per heavy atom. The molecule has 1 atom stereocenters. The Balaban J connectivity index is 3.35. The van der Waals surface area contributed by atoms with Gasteiger partial charge in [-0.25, -0.2) is 0 Å². The first kappa shape index (κ1) is 10.5. The van der Waals surface area contributed by atoms with Gasteiger partial charge in [-0.2, -0.15) is 0 Å². The van der Waals surface area contributed by atoms with E-state index in [-0.39, 0.29) is 6.04 Å². The standard InChI is InChI=1S/C10H14BrNO/c1-6-4-5-8(11)10(13-3)9(6)7(2)12/h4-5,7H,12H2,1-3H3. The Kier molecular flexibility index (Phi) is 3.33. The number of hydrogen-bond acceptors (Lipinski definition) is 2. The Labute approximate surface area is 87.2 Å². The number of benzene rings is 1. The van der Waals surface area contributed by atoms with Crippen LogP contribution in [0.2, 0.25) is 0 Å². The minimum absolute atomic E-state index is 0.00699. The van der Waals surface area contributed by atoms with E-state index in [1.807, 2.05) is 26.0 Å². The molecule has 1 aromatic rings. The van der Waals surface area contributed by atoms with Crippen molar-refractivity contribution >= 4 is 15.9 Å². The fourth-order valence-corrected chi connectivity index (χ4v) is 1.95. The number of rotatable bonds is 2. The van der Waals surface area contributed by atoms with Crippen LogP contribution in [-0.4, -0.2) is 7.11 Å². The van der Waals surface area contributed by atoms with Crippen molar-refractivity contribution in [3.05, 3.63) is 27.7 Å². The molecule has 1 aromatic carbocycles. The maximum absolute atomic E-state index is 5.86. The number of nitrogens with two attached hydrogens (primary N) is 1. The highest BCUT2D eigenvalue weighted by atomic mass is 79.9. The van der Waals surface area contributed by atoms with Crippen LogP contribution in [0.15, 0.2) is 16.6 Å². The van der Waals surface area contributed by atoms with Crippen LogP contribution in [0.4, 0.5) is 0 Å². The highest BCUT2D eigenvalue weighted by molar-refractivity contribution is 9.10. The molecule has 0 heterocycles. The monoisotopic (exact) mass is 243 g/mol. The van der Waals surface area contributed by atoms with Gasteiger partial charge in [0.2, 0.25) is 0 Å². The Hall–Kier alpha value is -0.540. The second-order valence-corrected chi connectivity index (χ2v) is 3.95. The largest absolute Gasteiger partial charge is 0.495 e. The highest BCUT2D eigenvalue weighted by Crippen LogP contribution is 2.34. The predicted molar refractivity (Wildman–Crippen MR) is 58.0 cm³/mol. The van der Waals surface area contributed by atoms with Crippen molar-refractivity contribution in [3.63, 3.8) is 0 Å². The summed E-state index contributed by atoms with van der Waals surface area (Å²) in [6.45, 7) is 3.99. The molecule has 0 aliphatic heterocycles. The zero-order chi connectivity index (χ0) is 10.0. The van der Waals surface area contributed by atoms with Crippen molar-refractivity contribution in [3.8, 4) is 5.75 Å². The molecular weight excluding hydrogens is 230 g/mol. The predicted octanol–water partition coefficient (Wildman–Crippen LogP) is 2.79. The minimum Gasteiger partial charge on any atom is -0.495 e. The van der Waals surface area contributed by atoms with Crippen molar-refractivity contribution in [1.82, 2.24) is 0 Å². The van der Waals surface area contributed by atoms with Crippen molar-refractivity contribution in [1.29, 1.82) is 0 Å². The topological polar surface area (TPSA) is 35.2 Å². The lowest BCUT2D eigenvalue weighted by molar-refractivity contribution is 0.403. The van der Waals surface area contributed by atoms with Crippen molar-refractivity contribution in [2.45, 2.75) is 19.9 Å². The molecule has 3 heteroatoms. The molecule has 1 rings (SSSR count). The van der Waals surface area contributed by atoms with E-state index in [4.69, 9.17) is 10.5 Å². The molecule has 0 bridgehead atoms. The minimum atomic E-state index is -0.00699. The molecule has 2 nitrogen and oxygen atoms in total. The van der Waals surface area contributed by atoms with E-state index < -0.39 is 0 Å². The Morgan fingerprint density at radius 3 is 2.46 bits per heavy atom. The summed E-state index contributed by atoms with van der Waals surface area (Å²) >= 11 is 3.43. The van der Waals surface area contributed by atoms with Gasteiger partial charge in [0.05, 0.1) is 11.6 Å². The van der Waals surface area contributed by atoms with Crippen LogP contribution < -0.4 is 10.5 Å². The average molecular weight is 244 g/mol. The summed E-state index contributed by atoms with van der Waals surface area (Å²) in [6.07, 6.45) is 0. The van der Waals surface area contributed by atoms with Crippen molar-refractivity contribution < 1.29 is 4.74 Å². The van der Waals surface area contributed by atoms with E-state index in [1.165, 1.54) is 0 Å². The van der Waals surface area contributed by atoms with Crippen LogP contribution in [0.25, 0.3) is 0 Å².